The molecule has 3 heterocycles. The highest BCUT2D eigenvalue weighted by Crippen LogP contribution is 2.26. The first kappa shape index (κ1) is 20.1. The predicted molar refractivity (Wildman–Crippen MR) is 108 cm³/mol. The maximum Gasteiger partial charge on any atom is 0.410 e. The number of ether oxygens (including phenoxy) is 1. The van der Waals surface area contributed by atoms with Gasteiger partial charge in [0.05, 0.1) is 6.20 Å². The smallest absolute Gasteiger partial charge is 0.410 e. The van der Waals surface area contributed by atoms with Crippen LogP contribution in [0.2, 0.25) is 0 Å². The van der Waals surface area contributed by atoms with E-state index in [2.05, 4.69) is 20.4 Å². The lowest BCUT2D eigenvalue weighted by Crippen LogP contribution is -2.44. The highest BCUT2D eigenvalue weighted by molar-refractivity contribution is 5.73. The number of likely N-dealkylation sites (tertiary alicyclic amines) is 1. The molecule has 1 amide bonds. The van der Waals surface area contributed by atoms with Crippen molar-refractivity contribution in [3.8, 4) is 11.1 Å². The summed E-state index contributed by atoms with van der Waals surface area (Å²) < 4.78 is 7.28. The number of aromatic nitrogens is 4. The van der Waals surface area contributed by atoms with Gasteiger partial charge in [-0.3, -0.25) is 4.68 Å². The molecule has 1 aliphatic heterocycles. The summed E-state index contributed by atoms with van der Waals surface area (Å²) in [7, 11) is 1.89. The van der Waals surface area contributed by atoms with Gasteiger partial charge in [0.1, 0.15) is 17.2 Å². The Bertz CT molecular complexity index is 826. The number of nitrogens with zero attached hydrogens (tertiary/aromatic N) is 5. The van der Waals surface area contributed by atoms with E-state index in [9.17, 15) is 4.79 Å². The molecule has 8 heteroatoms. The van der Waals surface area contributed by atoms with Crippen molar-refractivity contribution in [2.24, 2.45) is 13.0 Å². The Kier molecular flexibility index (Phi) is 5.86. The average Bonchev–Trinajstić information content (AvgIpc) is 3.05. The summed E-state index contributed by atoms with van der Waals surface area (Å²) in [5.74, 6) is 1.86. The molecule has 1 saturated heterocycles. The van der Waals surface area contributed by atoms with Crippen LogP contribution in [0, 0.1) is 12.8 Å². The van der Waals surface area contributed by atoms with Gasteiger partial charge in [0.2, 0.25) is 0 Å². The zero-order valence-corrected chi connectivity index (χ0v) is 17.4. The van der Waals surface area contributed by atoms with Crippen LogP contribution in [-0.4, -0.2) is 56.0 Å². The second-order valence-corrected chi connectivity index (χ2v) is 8.40. The van der Waals surface area contributed by atoms with Crippen molar-refractivity contribution in [1.29, 1.82) is 0 Å². The van der Waals surface area contributed by atoms with Crippen LogP contribution in [0.5, 0.6) is 0 Å². The molecule has 0 saturated carbocycles. The summed E-state index contributed by atoms with van der Waals surface area (Å²) in [4.78, 5) is 23.1. The number of piperidine rings is 1. The van der Waals surface area contributed by atoms with Gasteiger partial charge in [0.25, 0.3) is 0 Å². The van der Waals surface area contributed by atoms with Crippen LogP contribution in [0.15, 0.2) is 18.6 Å². The first-order valence-corrected chi connectivity index (χ1v) is 9.76. The summed E-state index contributed by atoms with van der Waals surface area (Å²) >= 11 is 0. The summed E-state index contributed by atoms with van der Waals surface area (Å²) in [6.07, 6.45) is 7.40. The molecule has 28 heavy (non-hydrogen) atoms. The van der Waals surface area contributed by atoms with E-state index in [-0.39, 0.29) is 6.09 Å². The number of aryl methyl sites for hydroxylation is 2. The van der Waals surface area contributed by atoms with E-state index < -0.39 is 5.60 Å². The molecule has 3 rings (SSSR count). The Morgan fingerprint density at radius 1 is 1.36 bits per heavy atom. The van der Waals surface area contributed by atoms with Crippen LogP contribution in [0.3, 0.4) is 0 Å². The van der Waals surface area contributed by atoms with Crippen LogP contribution in [0.1, 0.15) is 39.4 Å². The molecule has 152 valence electrons. The van der Waals surface area contributed by atoms with Gasteiger partial charge in [-0.05, 0) is 46.5 Å². The van der Waals surface area contributed by atoms with Gasteiger partial charge in [0.15, 0.2) is 0 Å². The van der Waals surface area contributed by atoms with Crippen LogP contribution in [0.4, 0.5) is 10.6 Å². The average molecular weight is 387 g/mol. The second-order valence-electron chi connectivity index (χ2n) is 8.40. The van der Waals surface area contributed by atoms with Crippen molar-refractivity contribution in [3.63, 3.8) is 0 Å². The summed E-state index contributed by atoms with van der Waals surface area (Å²) in [6.45, 7) is 9.74. The first-order valence-electron chi connectivity index (χ1n) is 9.76. The van der Waals surface area contributed by atoms with Crippen LogP contribution < -0.4 is 5.32 Å². The standard InChI is InChI=1S/C20H30N6O2/c1-14-21-11-17(16-10-23-25(5)13-16)18(24-14)22-9-15-7-6-8-26(12-15)19(27)28-20(2,3)4/h10-11,13,15H,6-9,12H2,1-5H3,(H,21,22,24). The number of amides is 1. The minimum absolute atomic E-state index is 0.230. The molecule has 1 atom stereocenters. The zero-order valence-electron chi connectivity index (χ0n) is 17.4. The van der Waals surface area contributed by atoms with Gasteiger partial charge in [-0.15, -0.1) is 0 Å². The van der Waals surface area contributed by atoms with E-state index in [1.54, 1.807) is 4.68 Å². The van der Waals surface area contributed by atoms with Crippen molar-refractivity contribution in [2.75, 3.05) is 25.0 Å². The minimum Gasteiger partial charge on any atom is -0.444 e. The minimum atomic E-state index is -0.473. The lowest BCUT2D eigenvalue weighted by Gasteiger charge is -2.34. The Balaban J connectivity index is 1.65. The molecule has 1 fully saturated rings. The predicted octanol–water partition coefficient (Wildman–Crippen LogP) is 3.24. The molecule has 0 bridgehead atoms. The summed E-state index contributed by atoms with van der Waals surface area (Å²) in [6, 6.07) is 0. The largest absolute Gasteiger partial charge is 0.444 e. The van der Waals surface area contributed by atoms with Crippen LogP contribution in [0.25, 0.3) is 11.1 Å². The molecule has 8 nitrogen and oxygen atoms in total. The number of carbonyl (C=O) groups excluding carboxylic acids is 1. The highest BCUT2D eigenvalue weighted by atomic mass is 16.6. The van der Waals surface area contributed by atoms with Gasteiger partial charge in [-0.25, -0.2) is 14.8 Å². The molecule has 1 N–H and O–H groups in total. The van der Waals surface area contributed by atoms with Crippen molar-refractivity contribution in [2.45, 2.75) is 46.1 Å². The molecule has 0 radical (unpaired) electrons. The third kappa shape index (κ3) is 5.21. The number of hydrogen-bond donors (Lipinski definition) is 1. The fraction of sp³-hybridized carbons (Fsp3) is 0.600. The molecule has 1 unspecified atom stereocenters. The number of carbonyl (C=O) groups is 1. The Labute approximate surface area is 166 Å². The molecule has 1 aliphatic rings. The van der Waals surface area contributed by atoms with Gasteiger partial charge in [-0.1, -0.05) is 0 Å². The van der Waals surface area contributed by atoms with E-state index in [1.807, 2.05) is 58.2 Å². The quantitative estimate of drug-likeness (QED) is 0.868. The lowest BCUT2D eigenvalue weighted by atomic mass is 9.98. The van der Waals surface area contributed by atoms with Gasteiger partial charge >= 0.3 is 6.09 Å². The second kappa shape index (κ2) is 8.16. The van der Waals surface area contributed by atoms with Gasteiger partial charge in [0, 0.05) is 50.2 Å². The maximum absolute atomic E-state index is 12.4. The monoisotopic (exact) mass is 386 g/mol. The van der Waals surface area contributed by atoms with Crippen molar-refractivity contribution in [3.05, 3.63) is 24.4 Å². The van der Waals surface area contributed by atoms with E-state index in [1.165, 1.54) is 0 Å². The number of hydrogen-bond acceptors (Lipinski definition) is 6. The molecular weight excluding hydrogens is 356 g/mol. The molecule has 0 spiro atoms. The number of nitrogens with one attached hydrogen (secondary N) is 1. The van der Waals surface area contributed by atoms with E-state index in [0.29, 0.717) is 18.3 Å². The third-order valence-electron chi connectivity index (χ3n) is 4.65. The van der Waals surface area contributed by atoms with E-state index >= 15 is 0 Å². The van der Waals surface area contributed by atoms with Crippen LogP contribution >= 0.6 is 0 Å². The van der Waals surface area contributed by atoms with Crippen LogP contribution in [-0.2, 0) is 11.8 Å². The number of rotatable bonds is 4. The summed E-state index contributed by atoms with van der Waals surface area (Å²) in [5.41, 5.74) is 1.43. The third-order valence-corrected chi connectivity index (χ3v) is 4.65. The van der Waals surface area contributed by atoms with Gasteiger partial charge < -0.3 is 15.0 Å². The van der Waals surface area contributed by atoms with E-state index in [4.69, 9.17) is 4.74 Å². The Hall–Kier alpha value is -2.64. The first-order chi connectivity index (χ1) is 13.2. The molecule has 2 aromatic heterocycles. The molecule has 0 aliphatic carbocycles. The zero-order chi connectivity index (χ0) is 20.3. The fourth-order valence-electron chi connectivity index (χ4n) is 3.34. The maximum atomic E-state index is 12.4. The topological polar surface area (TPSA) is 85.2 Å². The van der Waals surface area contributed by atoms with Crippen molar-refractivity contribution in [1.82, 2.24) is 24.6 Å². The highest BCUT2D eigenvalue weighted by Gasteiger charge is 2.27. The van der Waals surface area contributed by atoms with Crippen molar-refractivity contribution < 1.29 is 9.53 Å². The molecular formula is C20H30N6O2. The molecule has 0 aromatic carbocycles. The normalized spacial score (nSPS) is 17.5. The van der Waals surface area contributed by atoms with Gasteiger partial charge in [-0.2, -0.15) is 5.10 Å². The number of anilines is 1. The molecule has 2 aromatic rings. The SMILES string of the molecule is Cc1ncc(-c2cnn(C)c2)c(NCC2CCCN(C(=O)OC(C)(C)C)C2)n1. The van der Waals surface area contributed by atoms with E-state index in [0.717, 1.165) is 42.9 Å². The Morgan fingerprint density at radius 2 is 2.14 bits per heavy atom. The lowest BCUT2D eigenvalue weighted by molar-refractivity contribution is 0.0172. The van der Waals surface area contributed by atoms with Crippen molar-refractivity contribution >= 4 is 11.9 Å². The fourth-order valence-corrected chi connectivity index (χ4v) is 3.34. The Morgan fingerprint density at radius 3 is 2.82 bits per heavy atom. The summed E-state index contributed by atoms with van der Waals surface area (Å²) in [5, 5.41) is 7.71.